The number of benzene rings is 1. The summed E-state index contributed by atoms with van der Waals surface area (Å²) in [5.41, 5.74) is 2.45. The van der Waals surface area contributed by atoms with E-state index in [-0.39, 0.29) is 30.6 Å². The normalized spacial score (nSPS) is 29.0. The third kappa shape index (κ3) is 4.97. The van der Waals surface area contributed by atoms with Crippen LogP contribution in [0.2, 0.25) is 0 Å². The summed E-state index contributed by atoms with van der Waals surface area (Å²) in [6, 6.07) is 5.93. The summed E-state index contributed by atoms with van der Waals surface area (Å²) in [4.78, 5) is 15.0. The largest absolute Gasteiger partial charge is 0.483 e. The Labute approximate surface area is 191 Å². The molecule has 178 valence electrons. The van der Waals surface area contributed by atoms with Gasteiger partial charge in [-0.05, 0) is 76.3 Å². The van der Waals surface area contributed by atoms with Gasteiger partial charge in [-0.15, -0.1) is 0 Å². The molecule has 0 unspecified atom stereocenters. The van der Waals surface area contributed by atoms with Crippen molar-refractivity contribution in [2.45, 2.75) is 76.2 Å². The molecule has 32 heavy (non-hydrogen) atoms. The Bertz CT molecular complexity index is 924. The van der Waals surface area contributed by atoms with Crippen LogP contribution in [-0.2, 0) is 19.6 Å². The molecular formula is C24H36N2O5S. The number of hydrogen-bond acceptors (Lipinski definition) is 5. The monoisotopic (exact) mass is 464 g/mol. The maximum Gasteiger partial charge on any atom is 0.260 e. The number of aryl methyl sites for hydroxylation is 1. The fourth-order valence-corrected chi connectivity index (χ4v) is 6.14. The Morgan fingerprint density at radius 1 is 1.16 bits per heavy atom. The van der Waals surface area contributed by atoms with Gasteiger partial charge < -0.3 is 14.4 Å². The van der Waals surface area contributed by atoms with Gasteiger partial charge in [0.05, 0.1) is 24.0 Å². The fraction of sp³-hybridized carbons (Fsp3) is 0.708. The maximum atomic E-state index is 13.1. The molecule has 5 rings (SSSR count). The van der Waals surface area contributed by atoms with Gasteiger partial charge in [-0.2, -0.15) is 0 Å². The second kappa shape index (κ2) is 9.69. The van der Waals surface area contributed by atoms with Crippen LogP contribution in [-0.4, -0.2) is 62.9 Å². The van der Waals surface area contributed by atoms with Crippen LogP contribution in [0.3, 0.4) is 0 Å². The maximum absolute atomic E-state index is 13.1. The average Bonchev–Trinajstić information content (AvgIpc) is 3.18. The Kier molecular flexibility index (Phi) is 7.12. The molecule has 1 aromatic carbocycles. The van der Waals surface area contributed by atoms with E-state index in [9.17, 15) is 13.2 Å². The van der Waals surface area contributed by atoms with Crippen LogP contribution in [0.4, 0.5) is 0 Å². The predicted molar refractivity (Wildman–Crippen MR) is 123 cm³/mol. The van der Waals surface area contributed by atoms with Crippen molar-refractivity contribution >= 4 is 15.9 Å². The molecule has 0 aromatic heterocycles. The van der Waals surface area contributed by atoms with Crippen molar-refractivity contribution < 1.29 is 22.7 Å². The Morgan fingerprint density at radius 3 is 2.62 bits per heavy atom. The number of hydrogen-bond donors (Lipinski definition) is 1. The average molecular weight is 465 g/mol. The molecule has 1 aromatic rings. The van der Waals surface area contributed by atoms with Crippen LogP contribution < -0.4 is 9.46 Å². The Morgan fingerprint density at radius 2 is 1.91 bits per heavy atom. The van der Waals surface area contributed by atoms with Crippen LogP contribution >= 0.6 is 0 Å². The van der Waals surface area contributed by atoms with Crippen molar-refractivity contribution in [3.63, 3.8) is 0 Å². The topological polar surface area (TPSA) is 84.9 Å². The number of nitrogens with one attached hydrogen (secondary N) is 1. The number of ether oxygens (including phenoxy) is 2. The van der Waals surface area contributed by atoms with Crippen LogP contribution in [0.1, 0.15) is 63.0 Å². The zero-order valence-electron chi connectivity index (χ0n) is 19.4. The van der Waals surface area contributed by atoms with Crippen LogP contribution in [0.25, 0.3) is 0 Å². The van der Waals surface area contributed by atoms with Crippen molar-refractivity contribution in [2.75, 3.05) is 26.3 Å². The molecule has 3 aliphatic heterocycles. The number of nitrogens with zero attached hydrogens (tertiary/aromatic N) is 1. The highest BCUT2D eigenvalue weighted by atomic mass is 32.2. The van der Waals surface area contributed by atoms with E-state index in [4.69, 9.17) is 9.47 Å². The third-order valence-corrected chi connectivity index (χ3v) is 9.20. The van der Waals surface area contributed by atoms with E-state index in [1.54, 1.807) is 13.8 Å². The second-order valence-corrected chi connectivity index (χ2v) is 12.0. The van der Waals surface area contributed by atoms with Crippen LogP contribution in [0.15, 0.2) is 18.2 Å². The van der Waals surface area contributed by atoms with Crippen molar-refractivity contribution in [3.05, 3.63) is 29.3 Å². The summed E-state index contributed by atoms with van der Waals surface area (Å²) in [6.45, 7) is 6.81. The molecule has 0 radical (unpaired) electrons. The molecular weight excluding hydrogens is 428 g/mol. The van der Waals surface area contributed by atoms with Gasteiger partial charge >= 0.3 is 0 Å². The highest BCUT2D eigenvalue weighted by Gasteiger charge is 2.39. The molecule has 2 atom stereocenters. The summed E-state index contributed by atoms with van der Waals surface area (Å²) in [5, 5.41) is -0.481. The first-order valence-electron chi connectivity index (χ1n) is 11.9. The van der Waals surface area contributed by atoms with Gasteiger partial charge in [-0.1, -0.05) is 12.1 Å². The zero-order valence-corrected chi connectivity index (χ0v) is 20.2. The van der Waals surface area contributed by atoms with Crippen LogP contribution in [0.5, 0.6) is 5.75 Å². The number of amides is 1. The minimum Gasteiger partial charge on any atom is -0.483 e. The number of fused-ring (bicyclic) bond motifs is 5. The summed E-state index contributed by atoms with van der Waals surface area (Å²) in [7, 11) is -3.35. The van der Waals surface area contributed by atoms with Crippen molar-refractivity contribution in [1.29, 1.82) is 0 Å². The van der Waals surface area contributed by atoms with Gasteiger partial charge in [0.25, 0.3) is 5.91 Å². The molecule has 2 bridgehead atoms. The van der Waals surface area contributed by atoms with Gasteiger partial charge in [-0.25, -0.2) is 13.1 Å². The molecule has 8 heteroatoms. The van der Waals surface area contributed by atoms with Crippen molar-refractivity contribution in [2.24, 2.45) is 5.92 Å². The fourth-order valence-electron chi connectivity index (χ4n) is 5.36. The minimum atomic E-state index is -3.35. The van der Waals surface area contributed by atoms with Crippen molar-refractivity contribution in [1.82, 2.24) is 9.62 Å². The molecule has 1 saturated heterocycles. The summed E-state index contributed by atoms with van der Waals surface area (Å²) in [6.07, 6.45) is 5.01. The van der Waals surface area contributed by atoms with Gasteiger partial charge in [0, 0.05) is 18.7 Å². The lowest BCUT2D eigenvalue weighted by Crippen LogP contribution is -2.46. The lowest BCUT2D eigenvalue weighted by atomic mass is 9.80. The smallest absolute Gasteiger partial charge is 0.260 e. The number of rotatable bonds is 4. The zero-order chi connectivity index (χ0) is 22.9. The summed E-state index contributed by atoms with van der Waals surface area (Å²) < 4.78 is 39.7. The lowest BCUT2D eigenvalue weighted by Gasteiger charge is -2.32. The summed E-state index contributed by atoms with van der Waals surface area (Å²) >= 11 is 0. The molecule has 2 fully saturated rings. The number of sulfonamides is 1. The van der Waals surface area contributed by atoms with E-state index in [0.717, 1.165) is 37.9 Å². The molecule has 4 aliphatic rings. The molecule has 1 N–H and O–H groups in total. The molecule has 7 nitrogen and oxygen atoms in total. The first-order chi connectivity index (χ1) is 15.3. The van der Waals surface area contributed by atoms with E-state index in [1.807, 2.05) is 17.0 Å². The first-order valence-corrected chi connectivity index (χ1v) is 13.4. The van der Waals surface area contributed by atoms with E-state index in [1.165, 1.54) is 11.1 Å². The van der Waals surface area contributed by atoms with Gasteiger partial charge in [-0.3, -0.25) is 4.79 Å². The summed E-state index contributed by atoms with van der Waals surface area (Å²) in [5.74, 6) is 1.22. The third-order valence-electron chi connectivity index (χ3n) is 7.39. The second-order valence-electron chi connectivity index (χ2n) is 9.73. The standard InChI is InChI=1S/C24H36N2O5S/c1-16(2)32(28,29)25-13-19-11-12-26-21(19)14-30-20-9-7-18(8-10-20)24-17(3)5-4-6-22(24)31-15-23(26)27/h4-6,16,18-21,25H,7-15H2,1-3H3/t18?,19-,20?,21+/m1/s1. The molecule has 3 heterocycles. The Hall–Kier alpha value is -1.64. The van der Waals surface area contributed by atoms with Crippen molar-refractivity contribution in [3.8, 4) is 5.75 Å². The van der Waals surface area contributed by atoms with E-state index < -0.39 is 15.3 Å². The molecule has 1 saturated carbocycles. The van der Waals surface area contributed by atoms with E-state index in [2.05, 4.69) is 17.7 Å². The lowest BCUT2D eigenvalue weighted by molar-refractivity contribution is -0.136. The Balaban J connectivity index is 1.54. The molecule has 1 amide bonds. The molecule has 1 aliphatic carbocycles. The first kappa shape index (κ1) is 23.5. The highest BCUT2D eigenvalue weighted by molar-refractivity contribution is 7.90. The van der Waals surface area contributed by atoms with E-state index >= 15 is 0 Å². The number of carbonyl (C=O) groups is 1. The number of carbonyl (C=O) groups excluding carboxylic acids is 1. The van der Waals surface area contributed by atoms with Crippen LogP contribution in [0, 0.1) is 12.8 Å². The van der Waals surface area contributed by atoms with E-state index in [0.29, 0.717) is 25.6 Å². The SMILES string of the molecule is Cc1cccc2c1C1CCC(CC1)OC[C@H]1[C@@H](CNS(=O)(=O)C(C)C)CCN1C(=O)CO2. The molecule has 0 spiro atoms. The van der Waals surface area contributed by atoms with Gasteiger partial charge in [0.2, 0.25) is 10.0 Å². The quantitative estimate of drug-likeness (QED) is 0.741. The minimum absolute atomic E-state index is 0.00641. The predicted octanol–water partition coefficient (Wildman–Crippen LogP) is 2.98. The highest BCUT2D eigenvalue weighted by Crippen LogP contribution is 2.40. The van der Waals surface area contributed by atoms with Gasteiger partial charge in [0.1, 0.15) is 5.75 Å². The van der Waals surface area contributed by atoms with Gasteiger partial charge in [0.15, 0.2) is 6.61 Å².